The summed E-state index contributed by atoms with van der Waals surface area (Å²) in [6.45, 7) is 4.65. The number of carboxylic acids is 1. The molecule has 24 heavy (non-hydrogen) atoms. The van der Waals surface area contributed by atoms with Crippen LogP contribution in [0.4, 0.5) is 0 Å². The second-order valence-electron chi connectivity index (χ2n) is 6.53. The number of ether oxygens (including phenoxy) is 1. The van der Waals surface area contributed by atoms with Crippen LogP contribution in [0.15, 0.2) is 34.2 Å². The number of hydrogen-bond donors (Lipinski definition) is 2. The maximum Gasteiger partial charge on any atom is 0.335 e. The van der Waals surface area contributed by atoms with Gasteiger partial charge in [0, 0.05) is 12.3 Å². The first-order valence-corrected chi connectivity index (χ1v) is 9.60. The lowest BCUT2D eigenvalue weighted by Gasteiger charge is -2.22. The van der Waals surface area contributed by atoms with Gasteiger partial charge in [-0.3, -0.25) is 9.79 Å². The normalized spacial score (nSPS) is 19.0. The SMILES string of the molecule is COC(=O)C(C)(C)CCCC1=NCC[SH]1c1ccc(C(=O)O)cc1. The molecule has 0 saturated heterocycles. The Hall–Kier alpha value is -1.82. The number of carboxylic acid groups (broad SMARTS) is 1. The molecule has 1 aliphatic heterocycles. The van der Waals surface area contributed by atoms with E-state index >= 15 is 0 Å². The minimum Gasteiger partial charge on any atom is -0.478 e. The lowest BCUT2D eigenvalue weighted by Crippen LogP contribution is -2.25. The van der Waals surface area contributed by atoms with Crippen LogP contribution in [0.5, 0.6) is 0 Å². The van der Waals surface area contributed by atoms with Gasteiger partial charge in [0.15, 0.2) is 0 Å². The maximum atomic E-state index is 11.7. The highest BCUT2D eigenvalue weighted by Crippen LogP contribution is 2.43. The molecule has 1 aromatic carbocycles. The van der Waals surface area contributed by atoms with E-state index in [0.717, 1.165) is 31.6 Å². The third-order valence-corrected chi connectivity index (χ3v) is 6.85. The van der Waals surface area contributed by atoms with Gasteiger partial charge in [0.05, 0.1) is 23.1 Å². The number of aliphatic imine (C=N–C) groups is 1. The van der Waals surface area contributed by atoms with Crippen LogP contribution in [0, 0.1) is 5.41 Å². The number of carbonyl (C=O) groups is 2. The minimum absolute atomic E-state index is 0.178. The summed E-state index contributed by atoms with van der Waals surface area (Å²) in [5.41, 5.74) is -0.161. The van der Waals surface area contributed by atoms with Crippen LogP contribution in [0.3, 0.4) is 0 Å². The average Bonchev–Trinajstić information content (AvgIpc) is 3.02. The number of hydrogen-bond acceptors (Lipinski definition) is 4. The highest BCUT2D eigenvalue weighted by Gasteiger charge is 2.28. The van der Waals surface area contributed by atoms with Crippen molar-refractivity contribution < 1.29 is 19.4 Å². The standard InChI is InChI=1S/C18H25NO4S/c1-18(2,17(22)23-3)10-4-5-15-19-11-12-24(15)14-8-6-13(7-9-14)16(20)21/h6-9,24H,4-5,10-12H2,1-3H3,(H,20,21). The Balaban J connectivity index is 1.96. The van der Waals surface area contributed by atoms with E-state index in [2.05, 4.69) is 4.99 Å². The van der Waals surface area contributed by atoms with Crippen molar-refractivity contribution in [2.75, 3.05) is 19.4 Å². The number of aromatic carboxylic acids is 1. The van der Waals surface area contributed by atoms with Crippen molar-refractivity contribution in [1.29, 1.82) is 0 Å². The molecule has 0 saturated carbocycles. The maximum absolute atomic E-state index is 11.7. The molecular formula is C18H25NO4S. The topological polar surface area (TPSA) is 76.0 Å². The molecule has 0 fully saturated rings. The predicted octanol–water partition coefficient (Wildman–Crippen LogP) is 3.53. The highest BCUT2D eigenvalue weighted by molar-refractivity contribution is 8.30. The van der Waals surface area contributed by atoms with E-state index in [1.807, 2.05) is 26.0 Å². The second kappa shape index (κ2) is 7.83. The summed E-state index contributed by atoms with van der Waals surface area (Å²) >= 11 is 0. The van der Waals surface area contributed by atoms with E-state index < -0.39 is 22.3 Å². The van der Waals surface area contributed by atoms with Crippen molar-refractivity contribution in [3.8, 4) is 0 Å². The van der Waals surface area contributed by atoms with Crippen LogP contribution in [-0.2, 0) is 9.53 Å². The minimum atomic E-state index is -0.903. The average molecular weight is 351 g/mol. The fourth-order valence-corrected chi connectivity index (χ4v) is 5.16. The van der Waals surface area contributed by atoms with Crippen LogP contribution in [0.1, 0.15) is 43.5 Å². The van der Waals surface area contributed by atoms with Gasteiger partial charge in [-0.1, -0.05) is 0 Å². The molecule has 1 atom stereocenters. The summed E-state index contributed by atoms with van der Waals surface area (Å²) in [6, 6.07) is 7.15. The van der Waals surface area contributed by atoms with Crippen LogP contribution >= 0.6 is 10.9 Å². The van der Waals surface area contributed by atoms with Gasteiger partial charge in [-0.15, -0.1) is 0 Å². The van der Waals surface area contributed by atoms with Gasteiger partial charge in [-0.05, 0) is 62.3 Å². The van der Waals surface area contributed by atoms with Gasteiger partial charge >= 0.3 is 11.9 Å². The Labute approximate surface area is 145 Å². The van der Waals surface area contributed by atoms with Crippen molar-refractivity contribution in [2.45, 2.75) is 38.0 Å². The van der Waals surface area contributed by atoms with Crippen molar-refractivity contribution in [3.05, 3.63) is 29.8 Å². The number of methoxy groups -OCH3 is 1. The molecule has 2 rings (SSSR count). The van der Waals surface area contributed by atoms with Gasteiger partial charge in [0.25, 0.3) is 0 Å². The molecule has 5 nitrogen and oxygen atoms in total. The van der Waals surface area contributed by atoms with Crippen LogP contribution in [0.25, 0.3) is 0 Å². The summed E-state index contributed by atoms with van der Waals surface area (Å²) in [7, 11) is 0.961. The Morgan fingerprint density at radius 3 is 2.54 bits per heavy atom. The molecule has 0 radical (unpaired) electrons. The van der Waals surface area contributed by atoms with Gasteiger partial charge in [-0.25, -0.2) is 4.79 Å². The number of carbonyl (C=O) groups excluding carboxylic acids is 1. The molecule has 0 bridgehead atoms. The monoisotopic (exact) mass is 351 g/mol. The van der Waals surface area contributed by atoms with Gasteiger partial charge in [0.2, 0.25) is 0 Å². The third-order valence-electron chi connectivity index (χ3n) is 4.30. The lowest BCUT2D eigenvalue weighted by molar-refractivity contribution is -0.151. The number of esters is 1. The molecule has 1 unspecified atom stereocenters. The Morgan fingerprint density at radius 2 is 1.96 bits per heavy atom. The Kier molecular flexibility index (Phi) is 6.04. The molecule has 1 N–H and O–H groups in total. The Bertz CT molecular complexity index is 637. The van der Waals surface area contributed by atoms with E-state index in [-0.39, 0.29) is 5.97 Å². The summed E-state index contributed by atoms with van der Waals surface area (Å²) in [5.74, 6) is -0.0561. The quantitative estimate of drug-likeness (QED) is 0.582. The zero-order chi connectivity index (χ0) is 17.7. The molecule has 132 valence electrons. The molecule has 0 aliphatic carbocycles. The van der Waals surface area contributed by atoms with Crippen LogP contribution < -0.4 is 0 Å². The Morgan fingerprint density at radius 1 is 1.29 bits per heavy atom. The van der Waals surface area contributed by atoms with E-state index in [0.29, 0.717) is 5.56 Å². The molecule has 6 heteroatoms. The van der Waals surface area contributed by atoms with Crippen molar-refractivity contribution >= 4 is 27.9 Å². The molecule has 1 aromatic rings. The lowest BCUT2D eigenvalue weighted by atomic mass is 9.87. The van der Waals surface area contributed by atoms with Crippen molar-refractivity contribution in [3.63, 3.8) is 0 Å². The fourth-order valence-electron chi connectivity index (χ4n) is 2.84. The van der Waals surface area contributed by atoms with Gasteiger partial charge < -0.3 is 9.84 Å². The molecule has 1 aliphatic rings. The number of thiol groups is 1. The van der Waals surface area contributed by atoms with Gasteiger partial charge in [-0.2, -0.15) is 10.9 Å². The predicted molar refractivity (Wildman–Crippen MR) is 97.5 cm³/mol. The zero-order valence-corrected chi connectivity index (χ0v) is 15.3. The largest absolute Gasteiger partial charge is 0.478 e. The summed E-state index contributed by atoms with van der Waals surface area (Å²) in [5, 5.41) is 10.2. The first kappa shape index (κ1) is 18.5. The summed E-state index contributed by atoms with van der Waals surface area (Å²) in [4.78, 5) is 28.5. The molecule has 1 heterocycles. The smallest absolute Gasteiger partial charge is 0.335 e. The van der Waals surface area contributed by atoms with E-state index in [1.165, 1.54) is 17.0 Å². The highest BCUT2D eigenvalue weighted by atomic mass is 32.2. The number of benzene rings is 1. The molecule has 0 spiro atoms. The van der Waals surface area contributed by atoms with E-state index in [1.54, 1.807) is 12.1 Å². The molecule has 0 aromatic heterocycles. The number of rotatable bonds is 7. The van der Waals surface area contributed by atoms with Crippen LogP contribution in [-0.4, -0.2) is 41.5 Å². The van der Waals surface area contributed by atoms with Crippen molar-refractivity contribution in [1.82, 2.24) is 0 Å². The fraction of sp³-hybridized carbons (Fsp3) is 0.500. The first-order chi connectivity index (χ1) is 11.3. The number of nitrogens with zero attached hydrogens (tertiary/aromatic N) is 1. The van der Waals surface area contributed by atoms with E-state index in [9.17, 15) is 9.59 Å². The first-order valence-electron chi connectivity index (χ1n) is 8.08. The van der Waals surface area contributed by atoms with Gasteiger partial charge in [0.1, 0.15) is 0 Å². The second-order valence-corrected chi connectivity index (χ2v) is 8.87. The molecule has 0 amide bonds. The van der Waals surface area contributed by atoms with Crippen molar-refractivity contribution in [2.24, 2.45) is 10.4 Å². The summed E-state index contributed by atoms with van der Waals surface area (Å²) in [6.07, 6.45) is 2.54. The summed E-state index contributed by atoms with van der Waals surface area (Å²) < 4.78 is 4.85. The van der Waals surface area contributed by atoms with Crippen LogP contribution in [0.2, 0.25) is 0 Å². The molecular weight excluding hydrogens is 326 g/mol. The van der Waals surface area contributed by atoms with E-state index in [4.69, 9.17) is 9.84 Å². The zero-order valence-electron chi connectivity index (χ0n) is 14.4. The third kappa shape index (κ3) is 4.38.